The maximum Gasteiger partial charge on any atom is 0.293 e. The zero-order valence-electron chi connectivity index (χ0n) is 12.2. The molecule has 5 nitrogen and oxygen atoms in total. The summed E-state index contributed by atoms with van der Waals surface area (Å²) in [5, 5.41) is 4.19. The van der Waals surface area contributed by atoms with Crippen molar-refractivity contribution in [2.45, 2.75) is 44.6 Å². The molecule has 1 aliphatic rings. The molecule has 0 atom stereocenters. The van der Waals surface area contributed by atoms with Crippen LogP contribution in [0.2, 0.25) is 0 Å². The molecule has 112 valence electrons. The average molecular weight is 288 g/mol. The van der Waals surface area contributed by atoms with Crippen molar-refractivity contribution in [1.82, 2.24) is 9.72 Å². The van der Waals surface area contributed by atoms with Crippen molar-refractivity contribution in [3.63, 3.8) is 0 Å². The standard InChI is InChI=1S/C16H20N2O3/c1-20-15-8-5-9-18(16(15)19)11-13-10-14(17-21-13)12-6-3-2-4-7-12/h5,8-10,12H,2-4,6-7,11H2,1H3. The topological polar surface area (TPSA) is 57.3 Å². The van der Waals surface area contributed by atoms with E-state index >= 15 is 0 Å². The Morgan fingerprint density at radius 3 is 2.95 bits per heavy atom. The summed E-state index contributed by atoms with van der Waals surface area (Å²) >= 11 is 0. The van der Waals surface area contributed by atoms with Gasteiger partial charge in [-0.15, -0.1) is 0 Å². The van der Waals surface area contributed by atoms with Gasteiger partial charge in [0.1, 0.15) is 0 Å². The summed E-state index contributed by atoms with van der Waals surface area (Å²) in [6.45, 7) is 0.385. The Kier molecular flexibility index (Phi) is 4.08. The predicted octanol–water partition coefficient (Wildman–Crippen LogP) is 2.94. The summed E-state index contributed by atoms with van der Waals surface area (Å²) in [6.07, 6.45) is 7.95. The highest BCUT2D eigenvalue weighted by Gasteiger charge is 2.19. The summed E-state index contributed by atoms with van der Waals surface area (Å²) in [5.74, 6) is 1.56. The van der Waals surface area contributed by atoms with E-state index < -0.39 is 0 Å². The Balaban J connectivity index is 1.77. The molecule has 0 amide bonds. The van der Waals surface area contributed by atoms with Crippen LogP contribution in [0.5, 0.6) is 5.75 Å². The number of methoxy groups -OCH3 is 1. The minimum Gasteiger partial charge on any atom is -0.491 e. The van der Waals surface area contributed by atoms with Crippen LogP contribution in [0.25, 0.3) is 0 Å². The molecule has 1 aliphatic carbocycles. The van der Waals surface area contributed by atoms with Gasteiger partial charge in [0.05, 0.1) is 19.3 Å². The number of hydrogen-bond acceptors (Lipinski definition) is 4. The number of hydrogen-bond donors (Lipinski definition) is 0. The molecule has 0 aliphatic heterocycles. The third kappa shape index (κ3) is 3.01. The first-order valence-corrected chi connectivity index (χ1v) is 7.47. The summed E-state index contributed by atoms with van der Waals surface area (Å²) in [5.41, 5.74) is 0.872. The van der Waals surface area contributed by atoms with Gasteiger partial charge in [0, 0.05) is 18.2 Å². The second-order valence-electron chi connectivity index (χ2n) is 5.56. The molecule has 1 saturated carbocycles. The number of pyridine rings is 1. The van der Waals surface area contributed by atoms with Gasteiger partial charge in [-0.25, -0.2) is 0 Å². The van der Waals surface area contributed by atoms with Gasteiger partial charge in [-0.2, -0.15) is 0 Å². The normalized spacial score (nSPS) is 16.0. The highest BCUT2D eigenvalue weighted by Crippen LogP contribution is 2.32. The summed E-state index contributed by atoms with van der Waals surface area (Å²) in [4.78, 5) is 12.1. The predicted molar refractivity (Wildman–Crippen MR) is 78.7 cm³/mol. The van der Waals surface area contributed by atoms with Crippen molar-refractivity contribution >= 4 is 0 Å². The first-order valence-electron chi connectivity index (χ1n) is 7.47. The lowest BCUT2D eigenvalue weighted by atomic mass is 9.87. The van der Waals surface area contributed by atoms with Crippen LogP contribution >= 0.6 is 0 Å². The van der Waals surface area contributed by atoms with Crippen LogP contribution in [-0.2, 0) is 6.54 Å². The fourth-order valence-electron chi connectivity index (χ4n) is 2.96. The molecule has 0 radical (unpaired) electrons. The van der Waals surface area contributed by atoms with Crippen molar-refractivity contribution in [2.24, 2.45) is 0 Å². The third-order valence-electron chi connectivity index (χ3n) is 4.13. The highest BCUT2D eigenvalue weighted by atomic mass is 16.5. The number of nitrogens with zero attached hydrogens (tertiary/aromatic N) is 2. The van der Waals surface area contributed by atoms with Gasteiger partial charge in [-0.3, -0.25) is 4.79 Å². The van der Waals surface area contributed by atoms with Gasteiger partial charge in [0.15, 0.2) is 11.5 Å². The van der Waals surface area contributed by atoms with Gasteiger partial charge in [-0.05, 0) is 25.0 Å². The number of ether oxygens (including phenoxy) is 1. The van der Waals surface area contributed by atoms with Gasteiger partial charge >= 0.3 is 0 Å². The lowest BCUT2D eigenvalue weighted by Gasteiger charge is -2.18. The van der Waals surface area contributed by atoms with Crippen molar-refractivity contribution in [3.8, 4) is 5.75 Å². The molecular formula is C16H20N2O3. The Labute approximate surface area is 123 Å². The molecule has 3 rings (SSSR count). The Bertz CT molecular complexity index is 654. The van der Waals surface area contributed by atoms with E-state index in [-0.39, 0.29) is 5.56 Å². The quantitative estimate of drug-likeness (QED) is 0.868. The Morgan fingerprint density at radius 1 is 1.38 bits per heavy atom. The van der Waals surface area contributed by atoms with E-state index in [4.69, 9.17) is 9.26 Å². The van der Waals surface area contributed by atoms with E-state index in [1.165, 1.54) is 39.2 Å². The van der Waals surface area contributed by atoms with Crippen LogP contribution < -0.4 is 10.3 Å². The van der Waals surface area contributed by atoms with Gasteiger partial charge in [0.2, 0.25) is 0 Å². The largest absolute Gasteiger partial charge is 0.491 e. The van der Waals surface area contributed by atoms with Crippen LogP contribution in [0.3, 0.4) is 0 Å². The molecule has 2 heterocycles. The van der Waals surface area contributed by atoms with Crippen LogP contribution in [0.1, 0.15) is 49.5 Å². The van der Waals surface area contributed by atoms with Crippen LogP contribution in [0.4, 0.5) is 0 Å². The second-order valence-corrected chi connectivity index (χ2v) is 5.56. The fraction of sp³-hybridized carbons (Fsp3) is 0.500. The molecular weight excluding hydrogens is 268 g/mol. The molecule has 0 bridgehead atoms. The smallest absolute Gasteiger partial charge is 0.293 e. The van der Waals surface area contributed by atoms with Crippen LogP contribution in [0, 0.1) is 0 Å². The number of aromatic nitrogens is 2. The highest BCUT2D eigenvalue weighted by molar-refractivity contribution is 5.18. The SMILES string of the molecule is COc1cccn(Cc2cc(C3CCCCC3)no2)c1=O. The Hall–Kier alpha value is -2.04. The lowest BCUT2D eigenvalue weighted by Crippen LogP contribution is -2.20. The zero-order valence-corrected chi connectivity index (χ0v) is 12.2. The molecule has 0 N–H and O–H groups in total. The maximum absolute atomic E-state index is 12.1. The van der Waals surface area contributed by atoms with E-state index in [9.17, 15) is 4.79 Å². The minimum atomic E-state index is -0.157. The summed E-state index contributed by atoms with van der Waals surface area (Å²) < 4.78 is 12.0. The zero-order chi connectivity index (χ0) is 14.7. The molecule has 0 unspecified atom stereocenters. The lowest BCUT2D eigenvalue weighted by molar-refractivity contribution is 0.351. The number of rotatable bonds is 4. The molecule has 0 spiro atoms. The first kappa shape index (κ1) is 13.9. The van der Waals surface area contributed by atoms with E-state index in [1.54, 1.807) is 22.9 Å². The van der Waals surface area contributed by atoms with Crippen molar-refractivity contribution < 1.29 is 9.26 Å². The Morgan fingerprint density at radius 2 is 2.19 bits per heavy atom. The molecule has 21 heavy (non-hydrogen) atoms. The molecule has 5 heteroatoms. The fourth-order valence-corrected chi connectivity index (χ4v) is 2.96. The van der Waals surface area contributed by atoms with Crippen molar-refractivity contribution in [2.75, 3.05) is 7.11 Å². The van der Waals surface area contributed by atoms with E-state index in [1.807, 2.05) is 6.07 Å². The molecule has 1 fully saturated rings. The molecule has 0 saturated heterocycles. The van der Waals surface area contributed by atoms with Gasteiger partial charge < -0.3 is 13.8 Å². The van der Waals surface area contributed by atoms with Crippen LogP contribution in [-0.4, -0.2) is 16.8 Å². The molecule has 2 aromatic heterocycles. The van der Waals surface area contributed by atoms with E-state index in [0.717, 1.165) is 5.69 Å². The molecule has 0 aromatic carbocycles. The summed E-state index contributed by atoms with van der Waals surface area (Å²) in [7, 11) is 1.50. The molecule has 2 aromatic rings. The summed E-state index contributed by atoms with van der Waals surface area (Å²) in [6, 6.07) is 5.44. The van der Waals surface area contributed by atoms with Crippen LogP contribution in [0.15, 0.2) is 33.7 Å². The third-order valence-corrected chi connectivity index (χ3v) is 4.13. The minimum absolute atomic E-state index is 0.157. The van der Waals surface area contributed by atoms with Crippen molar-refractivity contribution in [1.29, 1.82) is 0 Å². The van der Waals surface area contributed by atoms with E-state index in [2.05, 4.69) is 5.16 Å². The van der Waals surface area contributed by atoms with Crippen molar-refractivity contribution in [3.05, 3.63) is 46.2 Å². The van der Waals surface area contributed by atoms with Gasteiger partial charge in [0.25, 0.3) is 5.56 Å². The second kappa shape index (κ2) is 6.16. The van der Waals surface area contributed by atoms with E-state index in [0.29, 0.717) is 24.0 Å². The first-order chi connectivity index (χ1) is 10.3. The monoisotopic (exact) mass is 288 g/mol. The average Bonchev–Trinajstić information content (AvgIpc) is 2.99. The maximum atomic E-state index is 12.1. The van der Waals surface area contributed by atoms with Gasteiger partial charge in [-0.1, -0.05) is 24.4 Å².